The molecule has 0 saturated carbocycles. The average molecular weight is 349 g/mol. The molecule has 1 saturated heterocycles. The van der Waals surface area contributed by atoms with Gasteiger partial charge in [0.25, 0.3) is 5.95 Å². The molecule has 1 N–H and O–H groups in total. The number of rotatable bonds is 5. The van der Waals surface area contributed by atoms with Crippen LogP contribution in [0.4, 0.5) is 11.9 Å². The minimum absolute atomic E-state index is 0.224. The molecule has 0 atom stereocenters. The average Bonchev–Trinajstić information content (AvgIpc) is 2.64. The summed E-state index contributed by atoms with van der Waals surface area (Å²) in [6, 6.07) is 7.63. The van der Waals surface area contributed by atoms with Gasteiger partial charge in [-0.2, -0.15) is 20.1 Å². The van der Waals surface area contributed by atoms with Crippen molar-refractivity contribution in [1.29, 1.82) is 0 Å². The molecule has 0 radical (unpaired) electrons. The summed E-state index contributed by atoms with van der Waals surface area (Å²) < 4.78 is 10.5. The molecule has 0 aliphatic carbocycles. The number of hydrazone groups is 1. The maximum absolute atomic E-state index is 6.08. The second-order valence-electron chi connectivity index (χ2n) is 4.94. The van der Waals surface area contributed by atoms with E-state index in [1.807, 2.05) is 23.1 Å². The number of benzene rings is 1. The summed E-state index contributed by atoms with van der Waals surface area (Å²) in [7, 11) is 1.51. The molecule has 0 bridgehead atoms. The summed E-state index contributed by atoms with van der Waals surface area (Å²) in [6.07, 6.45) is 1.60. The van der Waals surface area contributed by atoms with E-state index in [4.69, 9.17) is 21.1 Å². The Morgan fingerprint density at radius 1 is 1.25 bits per heavy atom. The third-order valence-electron chi connectivity index (χ3n) is 3.35. The van der Waals surface area contributed by atoms with Crippen LogP contribution in [-0.2, 0) is 4.74 Å². The number of hydrogen-bond acceptors (Lipinski definition) is 8. The highest BCUT2D eigenvalue weighted by atomic mass is 35.5. The molecule has 1 aliphatic rings. The van der Waals surface area contributed by atoms with Crippen molar-refractivity contribution in [3.63, 3.8) is 0 Å². The number of halogens is 1. The lowest BCUT2D eigenvalue weighted by Crippen LogP contribution is -2.37. The number of hydrogen-bond donors (Lipinski definition) is 1. The molecule has 2 aromatic rings. The summed E-state index contributed by atoms with van der Waals surface area (Å²) in [5, 5.41) is 4.74. The fourth-order valence-corrected chi connectivity index (χ4v) is 2.32. The van der Waals surface area contributed by atoms with Crippen molar-refractivity contribution in [2.45, 2.75) is 0 Å². The molecule has 1 aromatic heterocycles. The van der Waals surface area contributed by atoms with Gasteiger partial charge in [-0.05, 0) is 6.07 Å². The smallest absolute Gasteiger partial charge is 0.322 e. The van der Waals surface area contributed by atoms with Crippen LogP contribution in [0.3, 0.4) is 0 Å². The Balaban J connectivity index is 1.76. The first-order valence-corrected chi connectivity index (χ1v) is 7.80. The molecule has 1 aromatic carbocycles. The highest BCUT2D eigenvalue weighted by Gasteiger charge is 2.16. The third kappa shape index (κ3) is 4.09. The minimum Gasteiger partial charge on any atom is -0.467 e. The maximum Gasteiger partial charge on any atom is 0.322 e. The third-order valence-corrected chi connectivity index (χ3v) is 3.70. The summed E-state index contributed by atoms with van der Waals surface area (Å²) in [5.41, 5.74) is 3.58. The molecule has 8 nitrogen and oxygen atoms in total. The van der Waals surface area contributed by atoms with E-state index >= 15 is 0 Å². The highest BCUT2D eigenvalue weighted by molar-refractivity contribution is 6.33. The van der Waals surface area contributed by atoms with Gasteiger partial charge in [-0.1, -0.05) is 29.8 Å². The van der Waals surface area contributed by atoms with Crippen molar-refractivity contribution in [3.05, 3.63) is 34.9 Å². The summed E-state index contributed by atoms with van der Waals surface area (Å²) in [5.74, 6) is 0.826. The zero-order chi connectivity index (χ0) is 16.8. The lowest BCUT2D eigenvalue weighted by atomic mass is 10.2. The van der Waals surface area contributed by atoms with Crippen molar-refractivity contribution >= 4 is 29.7 Å². The molecule has 3 rings (SSSR count). The van der Waals surface area contributed by atoms with Crippen LogP contribution in [0.25, 0.3) is 0 Å². The van der Waals surface area contributed by atoms with E-state index in [0.29, 0.717) is 30.1 Å². The monoisotopic (exact) mass is 348 g/mol. The van der Waals surface area contributed by atoms with E-state index in [9.17, 15) is 0 Å². The van der Waals surface area contributed by atoms with Gasteiger partial charge in [-0.15, -0.1) is 0 Å². The summed E-state index contributed by atoms with van der Waals surface area (Å²) >= 11 is 6.08. The van der Waals surface area contributed by atoms with Gasteiger partial charge < -0.3 is 14.4 Å². The van der Waals surface area contributed by atoms with Gasteiger partial charge in [0.2, 0.25) is 5.95 Å². The molecule has 0 spiro atoms. The minimum atomic E-state index is 0.224. The second-order valence-corrected chi connectivity index (χ2v) is 5.34. The molecule has 126 valence electrons. The molecule has 0 amide bonds. The Kier molecular flexibility index (Phi) is 5.39. The topological polar surface area (TPSA) is 84.8 Å². The number of methoxy groups -OCH3 is 1. The van der Waals surface area contributed by atoms with Crippen molar-refractivity contribution in [1.82, 2.24) is 15.0 Å². The Morgan fingerprint density at radius 3 is 2.79 bits per heavy atom. The fourth-order valence-electron chi connectivity index (χ4n) is 2.13. The van der Waals surface area contributed by atoms with Crippen LogP contribution in [0.15, 0.2) is 29.4 Å². The molecule has 9 heteroatoms. The van der Waals surface area contributed by atoms with Crippen LogP contribution in [0, 0.1) is 0 Å². The van der Waals surface area contributed by atoms with Crippen LogP contribution in [0.2, 0.25) is 5.02 Å². The molecule has 1 aliphatic heterocycles. The van der Waals surface area contributed by atoms with Crippen LogP contribution in [0.1, 0.15) is 5.56 Å². The quantitative estimate of drug-likeness (QED) is 0.651. The largest absolute Gasteiger partial charge is 0.467 e. The van der Waals surface area contributed by atoms with E-state index in [-0.39, 0.29) is 6.01 Å². The normalized spacial score (nSPS) is 14.8. The van der Waals surface area contributed by atoms with Gasteiger partial charge in [0.05, 0.1) is 26.5 Å². The molecule has 2 heterocycles. The number of morpholine rings is 1. The van der Waals surface area contributed by atoms with Gasteiger partial charge in [0, 0.05) is 23.7 Å². The van der Waals surface area contributed by atoms with E-state index in [2.05, 4.69) is 25.5 Å². The van der Waals surface area contributed by atoms with E-state index in [1.54, 1.807) is 12.3 Å². The summed E-state index contributed by atoms with van der Waals surface area (Å²) in [4.78, 5) is 14.8. The van der Waals surface area contributed by atoms with Crippen LogP contribution in [0.5, 0.6) is 6.01 Å². The standard InChI is InChI=1S/C15H17ClN6O2/c1-23-15-19-13(18-14(20-15)22-6-8-24-9-7-22)21-17-10-11-4-2-3-5-12(11)16/h2-5,10H,6-9H2,1H3,(H,18,19,20,21)/b17-10-. The van der Waals surface area contributed by atoms with Crippen molar-refractivity contribution in [2.75, 3.05) is 43.7 Å². The van der Waals surface area contributed by atoms with Crippen LogP contribution < -0.4 is 15.1 Å². The van der Waals surface area contributed by atoms with Crippen molar-refractivity contribution in [2.24, 2.45) is 5.10 Å². The lowest BCUT2D eigenvalue weighted by molar-refractivity contribution is 0.122. The number of nitrogens with one attached hydrogen (secondary N) is 1. The SMILES string of the molecule is COc1nc(N/N=C\c2ccccc2Cl)nc(N2CCOCC2)n1. The number of ether oxygens (including phenoxy) is 2. The first kappa shape index (κ1) is 16.4. The second kappa shape index (κ2) is 7.89. The van der Waals surface area contributed by atoms with Crippen molar-refractivity contribution < 1.29 is 9.47 Å². The Morgan fingerprint density at radius 2 is 2.04 bits per heavy atom. The van der Waals surface area contributed by atoms with Gasteiger partial charge in [0.1, 0.15) is 0 Å². The number of anilines is 2. The fraction of sp³-hybridized carbons (Fsp3) is 0.333. The molecular weight excluding hydrogens is 332 g/mol. The zero-order valence-electron chi connectivity index (χ0n) is 13.1. The zero-order valence-corrected chi connectivity index (χ0v) is 13.9. The maximum atomic E-state index is 6.08. The first-order valence-electron chi connectivity index (χ1n) is 7.42. The van der Waals surface area contributed by atoms with Gasteiger partial charge in [-0.3, -0.25) is 0 Å². The predicted octanol–water partition coefficient (Wildman–Crippen LogP) is 1.82. The van der Waals surface area contributed by atoms with Gasteiger partial charge in [-0.25, -0.2) is 5.43 Å². The van der Waals surface area contributed by atoms with E-state index in [0.717, 1.165) is 18.7 Å². The molecular formula is C15H17ClN6O2. The molecule has 0 unspecified atom stereocenters. The van der Waals surface area contributed by atoms with Gasteiger partial charge >= 0.3 is 6.01 Å². The molecule has 1 fully saturated rings. The number of nitrogens with zero attached hydrogens (tertiary/aromatic N) is 5. The molecule has 24 heavy (non-hydrogen) atoms. The van der Waals surface area contributed by atoms with Crippen LogP contribution in [-0.4, -0.2) is 54.6 Å². The predicted molar refractivity (Wildman–Crippen MR) is 92.1 cm³/mol. The van der Waals surface area contributed by atoms with Gasteiger partial charge in [0.15, 0.2) is 0 Å². The van der Waals surface area contributed by atoms with Crippen LogP contribution >= 0.6 is 11.6 Å². The Bertz CT molecular complexity index is 721. The van der Waals surface area contributed by atoms with Crippen molar-refractivity contribution in [3.8, 4) is 6.01 Å². The number of aromatic nitrogens is 3. The summed E-state index contributed by atoms with van der Waals surface area (Å²) in [6.45, 7) is 2.72. The Hall–Kier alpha value is -2.45. The Labute approximate surface area is 144 Å². The lowest BCUT2D eigenvalue weighted by Gasteiger charge is -2.26. The van der Waals surface area contributed by atoms with E-state index < -0.39 is 0 Å². The first-order chi connectivity index (χ1) is 11.8. The highest BCUT2D eigenvalue weighted by Crippen LogP contribution is 2.16. The van der Waals surface area contributed by atoms with E-state index in [1.165, 1.54) is 7.11 Å².